The first kappa shape index (κ1) is 21.0. The zero-order valence-corrected chi connectivity index (χ0v) is 19.0. The molecule has 4 rings (SSSR count). The minimum absolute atomic E-state index is 0. The van der Waals surface area contributed by atoms with E-state index < -0.39 is 5.97 Å². The van der Waals surface area contributed by atoms with Crippen LogP contribution in [-0.2, 0) is 4.79 Å². The van der Waals surface area contributed by atoms with E-state index in [4.69, 9.17) is 4.74 Å². The van der Waals surface area contributed by atoms with E-state index in [0.29, 0.717) is 13.1 Å². The fourth-order valence-corrected chi connectivity index (χ4v) is 3.79. The van der Waals surface area contributed by atoms with Gasteiger partial charge in [-0.15, -0.1) is 0 Å². The molecule has 0 aromatic heterocycles. The number of rotatable bonds is 3. The Balaban J connectivity index is 0.00000225. The quantitative estimate of drug-likeness (QED) is 0.740. The molecule has 0 aliphatic carbocycles. The topological polar surface area (TPSA) is 64.6 Å². The summed E-state index contributed by atoms with van der Waals surface area (Å²) in [5.74, 6) is -0.449. The number of aryl methyl sites for hydroxylation is 1. The largest absolute Gasteiger partial charge is 1.00 e. The number of hydrogen-bond donors (Lipinski definition) is 1. The normalized spacial score (nSPS) is 17.9. The fourth-order valence-electron chi connectivity index (χ4n) is 3.79. The van der Waals surface area contributed by atoms with Gasteiger partial charge in [-0.25, -0.2) is 0 Å². The molecule has 0 saturated carbocycles. The number of ether oxygens (including phenoxy) is 1. The molecule has 2 aromatic carbocycles. The fraction of sp³-hybridized carbons (Fsp3) is 0.409. The molecule has 1 saturated heterocycles. The first-order valence-electron chi connectivity index (χ1n) is 9.46. The summed E-state index contributed by atoms with van der Waals surface area (Å²) in [6.45, 7) is 8.18. The maximum absolute atomic E-state index is 11.0. The van der Waals surface area contributed by atoms with Gasteiger partial charge in [0.1, 0.15) is 11.4 Å². The molecule has 0 atom stereocenters. The van der Waals surface area contributed by atoms with Crippen LogP contribution in [0, 0.1) is 12.8 Å². The molecular weight excluding hydrogens is 363 g/mol. The number of benzene rings is 2. The Morgan fingerprint density at radius 2 is 2.00 bits per heavy atom. The molecule has 2 aromatic rings. The van der Waals surface area contributed by atoms with Gasteiger partial charge in [-0.1, -0.05) is 12.1 Å². The van der Waals surface area contributed by atoms with Gasteiger partial charge in [0.15, 0.2) is 0 Å². The van der Waals surface area contributed by atoms with E-state index in [9.17, 15) is 9.90 Å². The van der Waals surface area contributed by atoms with Crippen molar-refractivity contribution in [2.75, 3.05) is 29.9 Å². The molecule has 0 spiro atoms. The minimum atomic E-state index is -0.963. The third kappa shape index (κ3) is 4.17. The molecule has 0 bridgehead atoms. The SMILES string of the molecule is Cc1cc2c(c(-c3cccc(N4CC(C(=O)[O-])C4)c3)c1)NCCC(C)(C)O2.[Na+]. The number of anilines is 2. The molecule has 2 aliphatic rings. The van der Waals surface area contributed by atoms with Crippen LogP contribution in [0.15, 0.2) is 36.4 Å². The molecule has 2 heterocycles. The van der Waals surface area contributed by atoms with Gasteiger partial charge in [-0.3, -0.25) is 0 Å². The zero-order chi connectivity index (χ0) is 19.2. The van der Waals surface area contributed by atoms with Crippen LogP contribution in [0.25, 0.3) is 11.1 Å². The molecule has 0 amide bonds. The molecule has 0 radical (unpaired) electrons. The standard InChI is InChI=1S/C22H26N2O3.Na/c1-14-9-18(20-19(10-14)27-22(2,3)7-8-23-20)15-5-4-6-17(11-15)24-12-16(13-24)21(25)26;/h4-6,9-11,16,23H,7-8,12-13H2,1-3H3,(H,25,26);/q;+1/p-1. The van der Waals surface area contributed by atoms with Crippen molar-refractivity contribution in [1.82, 2.24) is 0 Å². The van der Waals surface area contributed by atoms with E-state index in [1.54, 1.807) is 0 Å². The summed E-state index contributed by atoms with van der Waals surface area (Å²) in [5, 5.41) is 14.5. The van der Waals surface area contributed by atoms with Gasteiger partial charge in [0.25, 0.3) is 0 Å². The van der Waals surface area contributed by atoms with Crippen LogP contribution in [0.1, 0.15) is 25.8 Å². The van der Waals surface area contributed by atoms with E-state index in [1.165, 1.54) is 0 Å². The van der Waals surface area contributed by atoms with Crippen molar-refractivity contribution in [2.45, 2.75) is 32.8 Å². The molecule has 1 fully saturated rings. The first-order valence-corrected chi connectivity index (χ1v) is 9.46. The summed E-state index contributed by atoms with van der Waals surface area (Å²) >= 11 is 0. The summed E-state index contributed by atoms with van der Waals surface area (Å²) < 4.78 is 6.29. The summed E-state index contributed by atoms with van der Waals surface area (Å²) in [6.07, 6.45) is 0.929. The Hall–Kier alpha value is -1.69. The predicted octanol–water partition coefficient (Wildman–Crippen LogP) is -0.175. The number of aliphatic carboxylic acids is 1. The summed E-state index contributed by atoms with van der Waals surface area (Å²) in [5.41, 5.74) is 5.22. The van der Waals surface area contributed by atoms with Crippen molar-refractivity contribution in [3.8, 4) is 16.9 Å². The first-order chi connectivity index (χ1) is 12.8. The van der Waals surface area contributed by atoms with Crippen LogP contribution in [0.4, 0.5) is 11.4 Å². The molecule has 2 aliphatic heterocycles. The number of carboxylic acid groups (broad SMARTS) is 1. The van der Waals surface area contributed by atoms with Crippen LogP contribution in [0.2, 0.25) is 0 Å². The molecule has 5 nitrogen and oxygen atoms in total. The Morgan fingerprint density at radius 3 is 2.71 bits per heavy atom. The van der Waals surface area contributed by atoms with Crippen molar-refractivity contribution in [2.24, 2.45) is 5.92 Å². The minimum Gasteiger partial charge on any atom is -0.550 e. The molecule has 0 unspecified atom stereocenters. The van der Waals surface area contributed by atoms with Crippen molar-refractivity contribution in [3.63, 3.8) is 0 Å². The molecular formula is C22H25N2NaO3. The second kappa shape index (κ2) is 7.97. The van der Waals surface area contributed by atoms with Gasteiger partial charge in [0, 0.05) is 49.2 Å². The van der Waals surface area contributed by atoms with Gasteiger partial charge in [0.05, 0.1) is 5.69 Å². The van der Waals surface area contributed by atoms with Crippen LogP contribution in [0.5, 0.6) is 5.75 Å². The number of hydrogen-bond acceptors (Lipinski definition) is 5. The Bertz CT molecular complexity index is 891. The summed E-state index contributed by atoms with van der Waals surface area (Å²) in [6, 6.07) is 12.5. The van der Waals surface area contributed by atoms with Crippen molar-refractivity contribution >= 4 is 17.3 Å². The average molecular weight is 388 g/mol. The van der Waals surface area contributed by atoms with Crippen LogP contribution >= 0.6 is 0 Å². The Morgan fingerprint density at radius 1 is 1.25 bits per heavy atom. The molecule has 6 heteroatoms. The van der Waals surface area contributed by atoms with E-state index in [1.807, 2.05) is 12.1 Å². The molecule has 142 valence electrons. The van der Waals surface area contributed by atoms with Crippen molar-refractivity contribution in [3.05, 3.63) is 42.0 Å². The number of nitrogens with one attached hydrogen (secondary N) is 1. The van der Waals surface area contributed by atoms with Crippen LogP contribution in [0.3, 0.4) is 0 Å². The van der Waals surface area contributed by atoms with E-state index in [0.717, 1.165) is 46.8 Å². The monoisotopic (exact) mass is 388 g/mol. The van der Waals surface area contributed by atoms with Crippen molar-refractivity contribution in [1.29, 1.82) is 0 Å². The maximum Gasteiger partial charge on any atom is 1.00 e. The van der Waals surface area contributed by atoms with E-state index in [-0.39, 0.29) is 41.1 Å². The third-order valence-electron chi connectivity index (χ3n) is 5.40. The second-order valence-electron chi connectivity index (χ2n) is 8.20. The maximum atomic E-state index is 11.0. The number of nitrogens with zero attached hydrogens (tertiary/aromatic N) is 1. The van der Waals surface area contributed by atoms with Gasteiger partial charge < -0.3 is 24.9 Å². The third-order valence-corrected chi connectivity index (χ3v) is 5.40. The van der Waals surface area contributed by atoms with Crippen LogP contribution in [-0.4, -0.2) is 31.2 Å². The van der Waals surface area contributed by atoms with Gasteiger partial charge in [-0.2, -0.15) is 0 Å². The number of carbonyl (C=O) groups excluding carboxylic acids is 1. The van der Waals surface area contributed by atoms with Gasteiger partial charge in [-0.05, 0) is 56.2 Å². The Labute approximate surface area is 188 Å². The number of carboxylic acids is 1. The van der Waals surface area contributed by atoms with Crippen molar-refractivity contribution < 1.29 is 44.2 Å². The molecule has 1 N–H and O–H groups in total. The van der Waals surface area contributed by atoms with Crippen LogP contribution < -0.4 is 49.6 Å². The van der Waals surface area contributed by atoms with E-state index >= 15 is 0 Å². The van der Waals surface area contributed by atoms with Gasteiger partial charge in [0.2, 0.25) is 0 Å². The predicted molar refractivity (Wildman–Crippen MR) is 105 cm³/mol. The number of fused-ring (bicyclic) bond motifs is 1. The second-order valence-corrected chi connectivity index (χ2v) is 8.20. The zero-order valence-electron chi connectivity index (χ0n) is 17.0. The number of carbonyl (C=O) groups is 1. The Kier molecular flexibility index (Phi) is 5.99. The van der Waals surface area contributed by atoms with E-state index in [2.05, 4.69) is 55.3 Å². The summed E-state index contributed by atoms with van der Waals surface area (Å²) in [7, 11) is 0. The smallest absolute Gasteiger partial charge is 0.550 e. The molecule has 28 heavy (non-hydrogen) atoms. The average Bonchev–Trinajstić information content (AvgIpc) is 2.69. The van der Waals surface area contributed by atoms with Gasteiger partial charge >= 0.3 is 29.6 Å². The summed E-state index contributed by atoms with van der Waals surface area (Å²) in [4.78, 5) is 13.0.